The molecule has 1 heterocycles. The lowest BCUT2D eigenvalue weighted by molar-refractivity contribution is 0.112. The number of carbonyl (C=O) groups is 1. The van der Waals surface area contributed by atoms with E-state index in [1.807, 2.05) is 31.2 Å². The van der Waals surface area contributed by atoms with E-state index in [2.05, 4.69) is 16.0 Å². The van der Waals surface area contributed by atoms with Gasteiger partial charge in [-0.15, -0.1) is 0 Å². The molecule has 0 spiro atoms. The fourth-order valence-electron chi connectivity index (χ4n) is 2.05. The number of benzene rings is 1. The maximum Gasteiger partial charge on any atom is 0.150 e. The van der Waals surface area contributed by atoms with E-state index in [-0.39, 0.29) is 0 Å². The van der Waals surface area contributed by atoms with Gasteiger partial charge in [0.2, 0.25) is 0 Å². The summed E-state index contributed by atoms with van der Waals surface area (Å²) in [5.74, 6) is 0. The summed E-state index contributed by atoms with van der Waals surface area (Å²) in [5.41, 5.74) is 2.79. The summed E-state index contributed by atoms with van der Waals surface area (Å²) in [7, 11) is 0. The second-order valence-corrected chi connectivity index (χ2v) is 4.34. The number of hydrogen-bond donors (Lipinski definition) is 0. The summed E-state index contributed by atoms with van der Waals surface area (Å²) < 4.78 is 0. The highest BCUT2D eigenvalue weighted by Crippen LogP contribution is 2.22. The van der Waals surface area contributed by atoms with Crippen molar-refractivity contribution in [3.63, 3.8) is 0 Å². The molecule has 0 saturated heterocycles. The normalized spacial score (nSPS) is 9.80. The Kier molecular flexibility index (Phi) is 4.46. The molecule has 0 saturated carbocycles. The van der Waals surface area contributed by atoms with Gasteiger partial charge in [-0.05, 0) is 37.3 Å². The van der Waals surface area contributed by atoms with Crippen molar-refractivity contribution in [1.29, 1.82) is 5.26 Å². The molecular weight excluding hydrogens is 250 g/mol. The molecule has 0 unspecified atom stereocenters. The Morgan fingerprint density at radius 2 is 2.20 bits per heavy atom. The average molecular weight is 265 g/mol. The largest absolute Gasteiger partial charge is 0.365 e. The Morgan fingerprint density at radius 3 is 2.80 bits per heavy atom. The molecule has 0 amide bonds. The van der Waals surface area contributed by atoms with Crippen LogP contribution in [0, 0.1) is 11.3 Å². The predicted molar refractivity (Wildman–Crippen MR) is 77.5 cm³/mol. The molecule has 20 heavy (non-hydrogen) atoms. The summed E-state index contributed by atoms with van der Waals surface area (Å²) in [5, 5.41) is 9.24. The van der Waals surface area contributed by atoms with Crippen LogP contribution >= 0.6 is 0 Å². The molecule has 100 valence electrons. The second-order valence-electron chi connectivity index (χ2n) is 4.34. The first-order valence-corrected chi connectivity index (χ1v) is 6.42. The molecule has 0 fully saturated rings. The summed E-state index contributed by atoms with van der Waals surface area (Å²) in [4.78, 5) is 17.1. The minimum absolute atomic E-state index is 0.507. The van der Waals surface area contributed by atoms with Gasteiger partial charge in [-0.1, -0.05) is 6.07 Å². The molecule has 0 radical (unpaired) electrons. The van der Waals surface area contributed by atoms with Crippen molar-refractivity contribution in [3.05, 3.63) is 59.4 Å². The van der Waals surface area contributed by atoms with Crippen LogP contribution in [-0.4, -0.2) is 17.8 Å². The van der Waals surface area contributed by atoms with Gasteiger partial charge in [0.05, 0.1) is 23.5 Å². The first kappa shape index (κ1) is 13.8. The Balaban J connectivity index is 2.32. The van der Waals surface area contributed by atoms with E-state index in [1.54, 1.807) is 18.3 Å². The number of aromatic nitrogens is 1. The molecule has 1 aromatic heterocycles. The van der Waals surface area contributed by atoms with E-state index >= 15 is 0 Å². The van der Waals surface area contributed by atoms with Gasteiger partial charge in [-0.2, -0.15) is 5.26 Å². The number of carbonyl (C=O) groups excluding carboxylic acids is 1. The number of aldehydes is 1. The molecule has 2 rings (SSSR count). The van der Waals surface area contributed by atoms with Gasteiger partial charge < -0.3 is 4.90 Å². The van der Waals surface area contributed by atoms with Crippen molar-refractivity contribution < 1.29 is 4.79 Å². The molecule has 0 N–H and O–H groups in total. The molecule has 0 bridgehead atoms. The van der Waals surface area contributed by atoms with Crippen LogP contribution < -0.4 is 4.90 Å². The van der Waals surface area contributed by atoms with Crippen molar-refractivity contribution in [3.8, 4) is 6.07 Å². The lowest BCUT2D eigenvalue weighted by Crippen LogP contribution is -2.23. The molecule has 4 heteroatoms. The standard InChI is InChI=1S/C16H15N3O/c1-2-19(11-15-5-3-4-8-18-15)16-7-6-13(12-20)9-14(16)10-17/h3-9,12H,2,11H2,1H3. The summed E-state index contributed by atoms with van der Waals surface area (Å²) in [6, 6.07) is 13.1. The number of nitrogens with zero attached hydrogens (tertiary/aromatic N) is 3. The number of nitriles is 1. The van der Waals surface area contributed by atoms with Gasteiger partial charge >= 0.3 is 0 Å². The third-order valence-electron chi connectivity index (χ3n) is 3.08. The number of pyridine rings is 1. The first-order chi connectivity index (χ1) is 9.78. The second kappa shape index (κ2) is 6.48. The van der Waals surface area contributed by atoms with Crippen molar-refractivity contribution >= 4 is 12.0 Å². The van der Waals surface area contributed by atoms with Crippen LogP contribution in [0.4, 0.5) is 5.69 Å². The molecule has 0 aliphatic rings. The Bertz CT molecular complexity index is 632. The minimum Gasteiger partial charge on any atom is -0.365 e. The van der Waals surface area contributed by atoms with Gasteiger partial charge in [0.1, 0.15) is 12.4 Å². The van der Waals surface area contributed by atoms with Crippen LogP contribution in [-0.2, 0) is 6.54 Å². The summed E-state index contributed by atoms with van der Waals surface area (Å²) in [6.45, 7) is 3.41. The third-order valence-corrected chi connectivity index (χ3v) is 3.08. The Morgan fingerprint density at radius 1 is 1.35 bits per heavy atom. The molecule has 4 nitrogen and oxygen atoms in total. The minimum atomic E-state index is 0.507. The number of hydrogen-bond acceptors (Lipinski definition) is 4. The fraction of sp³-hybridized carbons (Fsp3) is 0.188. The van der Waals surface area contributed by atoms with E-state index in [9.17, 15) is 10.1 Å². The highest BCUT2D eigenvalue weighted by atomic mass is 16.1. The first-order valence-electron chi connectivity index (χ1n) is 6.42. The van der Waals surface area contributed by atoms with Crippen LogP contribution in [0.3, 0.4) is 0 Å². The average Bonchev–Trinajstić information content (AvgIpc) is 2.53. The molecule has 0 aliphatic carbocycles. The van der Waals surface area contributed by atoms with Crippen LogP contribution in [0.15, 0.2) is 42.6 Å². The molecule has 0 aliphatic heterocycles. The lowest BCUT2D eigenvalue weighted by atomic mass is 10.1. The maximum atomic E-state index is 10.8. The van der Waals surface area contributed by atoms with E-state index in [4.69, 9.17) is 0 Å². The zero-order valence-corrected chi connectivity index (χ0v) is 11.3. The maximum absolute atomic E-state index is 10.8. The van der Waals surface area contributed by atoms with Crippen LogP contribution in [0.2, 0.25) is 0 Å². The van der Waals surface area contributed by atoms with Crippen LogP contribution in [0.5, 0.6) is 0 Å². The highest BCUT2D eigenvalue weighted by molar-refractivity contribution is 5.78. The van der Waals surface area contributed by atoms with E-state index in [0.29, 0.717) is 17.7 Å². The van der Waals surface area contributed by atoms with Gasteiger partial charge in [-0.25, -0.2) is 0 Å². The smallest absolute Gasteiger partial charge is 0.150 e. The SMILES string of the molecule is CCN(Cc1ccccn1)c1ccc(C=O)cc1C#N. The van der Waals surface area contributed by atoms with E-state index < -0.39 is 0 Å². The topological polar surface area (TPSA) is 57.0 Å². The number of anilines is 1. The van der Waals surface area contributed by atoms with Crippen LogP contribution in [0.1, 0.15) is 28.5 Å². The summed E-state index contributed by atoms with van der Waals surface area (Å²) in [6.07, 6.45) is 2.50. The zero-order valence-electron chi connectivity index (χ0n) is 11.3. The van der Waals surface area contributed by atoms with E-state index in [1.165, 1.54) is 0 Å². The van der Waals surface area contributed by atoms with Crippen molar-refractivity contribution in [1.82, 2.24) is 4.98 Å². The fourth-order valence-corrected chi connectivity index (χ4v) is 2.05. The van der Waals surface area contributed by atoms with E-state index in [0.717, 1.165) is 24.2 Å². The Labute approximate surface area is 118 Å². The molecular formula is C16H15N3O. The predicted octanol–water partition coefficient (Wildman–Crippen LogP) is 2.79. The van der Waals surface area contributed by atoms with Crippen molar-refractivity contribution in [2.75, 3.05) is 11.4 Å². The zero-order chi connectivity index (χ0) is 14.4. The third kappa shape index (κ3) is 3.01. The van der Waals surface area contributed by atoms with Gasteiger partial charge in [0.25, 0.3) is 0 Å². The van der Waals surface area contributed by atoms with Crippen molar-refractivity contribution in [2.45, 2.75) is 13.5 Å². The monoisotopic (exact) mass is 265 g/mol. The number of rotatable bonds is 5. The van der Waals surface area contributed by atoms with Gasteiger partial charge in [0.15, 0.2) is 0 Å². The van der Waals surface area contributed by atoms with Crippen LogP contribution in [0.25, 0.3) is 0 Å². The molecule has 0 atom stereocenters. The molecule has 2 aromatic rings. The Hall–Kier alpha value is -2.67. The quantitative estimate of drug-likeness (QED) is 0.780. The van der Waals surface area contributed by atoms with Crippen molar-refractivity contribution in [2.24, 2.45) is 0 Å². The molecule has 1 aromatic carbocycles. The van der Waals surface area contributed by atoms with Gasteiger partial charge in [0, 0.05) is 18.3 Å². The highest BCUT2D eigenvalue weighted by Gasteiger charge is 2.11. The van der Waals surface area contributed by atoms with Gasteiger partial charge in [-0.3, -0.25) is 9.78 Å². The lowest BCUT2D eigenvalue weighted by Gasteiger charge is -2.23. The summed E-state index contributed by atoms with van der Waals surface area (Å²) >= 11 is 0.